The van der Waals surface area contributed by atoms with Crippen LogP contribution in [0.15, 0.2) is 22.1 Å². The molecule has 0 amide bonds. The fourth-order valence-electron chi connectivity index (χ4n) is 1.55. The van der Waals surface area contributed by atoms with E-state index < -0.39 is 17.5 Å². The van der Waals surface area contributed by atoms with Crippen molar-refractivity contribution < 1.29 is 23.5 Å². The number of rotatable bonds is 4. The number of furan rings is 1. The van der Waals surface area contributed by atoms with Crippen LogP contribution >= 0.6 is 0 Å². The van der Waals surface area contributed by atoms with Crippen LogP contribution in [-0.4, -0.2) is 24.6 Å². The maximum Gasteiger partial charge on any atom is 0.334 e. The van der Waals surface area contributed by atoms with Crippen molar-refractivity contribution in [3.05, 3.63) is 29.2 Å². The van der Waals surface area contributed by atoms with Crippen molar-refractivity contribution in [2.45, 2.75) is 39.7 Å². The van der Waals surface area contributed by atoms with E-state index in [4.69, 9.17) is 9.15 Å². The van der Waals surface area contributed by atoms with E-state index in [2.05, 4.69) is 4.74 Å². The fourth-order valence-corrected chi connectivity index (χ4v) is 1.55. The zero-order valence-corrected chi connectivity index (χ0v) is 12.5. The third kappa shape index (κ3) is 5.30. The molecule has 1 heterocycles. The molecule has 1 rings (SSSR count). The standard InChI is InChI=1S/C15H20O5/c1-10-6-7-12(19-10)8-11(14(17)18-5)9-13(16)20-15(2,3)4/h6-8H,9H2,1-5H3/b11-8+. The summed E-state index contributed by atoms with van der Waals surface area (Å²) >= 11 is 0. The SMILES string of the molecule is COC(=O)/C(=C/c1ccc(C)o1)CC(=O)OC(C)(C)C. The second-order valence-electron chi connectivity index (χ2n) is 5.37. The third-order valence-electron chi connectivity index (χ3n) is 2.28. The van der Waals surface area contributed by atoms with Crippen molar-refractivity contribution in [3.8, 4) is 0 Å². The number of esters is 2. The predicted molar refractivity (Wildman–Crippen MR) is 73.9 cm³/mol. The first kappa shape index (κ1) is 16.0. The molecule has 0 bridgehead atoms. The number of hydrogen-bond donors (Lipinski definition) is 0. The summed E-state index contributed by atoms with van der Waals surface area (Å²) in [5, 5.41) is 0. The number of hydrogen-bond acceptors (Lipinski definition) is 5. The Balaban J connectivity index is 2.88. The van der Waals surface area contributed by atoms with Gasteiger partial charge in [-0.15, -0.1) is 0 Å². The summed E-state index contributed by atoms with van der Waals surface area (Å²) in [4.78, 5) is 23.5. The lowest BCUT2D eigenvalue weighted by atomic mass is 10.1. The molecular formula is C15H20O5. The number of carbonyl (C=O) groups excluding carboxylic acids is 2. The molecule has 0 spiro atoms. The lowest BCUT2D eigenvalue weighted by molar-refractivity contribution is -0.155. The highest BCUT2D eigenvalue weighted by molar-refractivity contribution is 5.97. The molecule has 0 saturated heterocycles. The number of ether oxygens (including phenoxy) is 2. The first-order chi connectivity index (χ1) is 9.21. The highest BCUT2D eigenvalue weighted by atomic mass is 16.6. The molecular weight excluding hydrogens is 260 g/mol. The summed E-state index contributed by atoms with van der Waals surface area (Å²) < 4.78 is 15.2. The minimum atomic E-state index is -0.598. The van der Waals surface area contributed by atoms with Gasteiger partial charge in [-0.3, -0.25) is 4.79 Å². The average molecular weight is 280 g/mol. The molecule has 0 fully saturated rings. The van der Waals surface area contributed by atoms with Crippen molar-refractivity contribution >= 4 is 18.0 Å². The molecule has 0 atom stereocenters. The molecule has 5 heteroatoms. The van der Waals surface area contributed by atoms with Crippen LogP contribution in [0.4, 0.5) is 0 Å². The Morgan fingerprint density at radius 3 is 2.40 bits per heavy atom. The van der Waals surface area contributed by atoms with Gasteiger partial charge >= 0.3 is 11.9 Å². The zero-order chi connectivity index (χ0) is 15.3. The second kappa shape index (κ2) is 6.41. The highest BCUT2D eigenvalue weighted by Crippen LogP contribution is 2.17. The first-order valence-corrected chi connectivity index (χ1v) is 6.28. The Morgan fingerprint density at radius 1 is 1.30 bits per heavy atom. The van der Waals surface area contributed by atoms with Crippen molar-refractivity contribution in [2.75, 3.05) is 7.11 Å². The Hall–Kier alpha value is -2.04. The molecule has 0 aliphatic heterocycles. The van der Waals surface area contributed by atoms with Crippen LogP contribution in [-0.2, 0) is 19.1 Å². The molecule has 0 saturated carbocycles. The third-order valence-corrected chi connectivity index (χ3v) is 2.28. The van der Waals surface area contributed by atoms with E-state index in [1.54, 1.807) is 39.8 Å². The molecule has 1 aromatic rings. The van der Waals surface area contributed by atoms with Gasteiger partial charge in [0.25, 0.3) is 0 Å². The maximum absolute atomic E-state index is 11.8. The van der Waals surface area contributed by atoms with E-state index in [0.29, 0.717) is 5.76 Å². The molecule has 0 aromatic carbocycles. The van der Waals surface area contributed by atoms with Crippen molar-refractivity contribution in [2.24, 2.45) is 0 Å². The van der Waals surface area contributed by atoms with E-state index in [1.807, 2.05) is 0 Å². The molecule has 5 nitrogen and oxygen atoms in total. The molecule has 20 heavy (non-hydrogen) atoms. The van der Waals surface area contributed by atoms with Crippen LogP contribution in [0.25, 0.3) is 6.08 Å². The molecule has 0 unspecified atom stereocenters. The lowest BCUT2D eigenvalue weighted by Gasteiger charge is -2.19. The zero-order valence-electron chi connectivity index (χ0n) is 12.5. The van der Waals surface area contributed by atoms with Crippen LogP contribution in [0, 0.1) is 6.92 Å². The quantitative estimate of drug-likeness (QED) is 0.626. The van der Waals surface area contributed by atoms with Gasteiger partial charge in [-0.05, 0) is 45.9 Å². The van der Waals surface area contributed by atoms with Gasteiger partial charge < -0.3 is 13.9 Å². The number of carbonyl (C=O) groups is 2. The molecule has 0 aliphatic rings. The summed E-state index contributed by atoms with van der Waals surface area (Å²) in [5.41, 5.74) is -0.407. The van der Waals surface area contributed by atoms with Gasteiger partial charge in [0, 0.05) is 0 Å². The minimum absolute atomic E-state index is 0.163. The summed E-state index contributed by atoms with van der Waals surface area (Å²) in [5.74, 6) is 0.145. The largest absolute Gasteiger partial charge is 0.466 e. The number of aryl methyl sites for hydroxylation is 1. The highest BCUT2D eigenvalue weighted by Gasteiger charge is 2.21. The fraction of sp³-hybridized carbons (Fsp3) is 0.467. The smallest absolute Gasteiger partial charge is 0.334 e. The Kier molecular flexibility index (Phi) is 5.13. The van der Waals surface area contributed by atoms with Gasteiger partial charge in [0.2, 0.25) is 0 Å². The Morgan fingerprint density at radius 2 is 1.95 bits per heavy atom. The van der Waals surface area contributed by atoms with Crippen molar-refractivity contribution in [3.63, 3.8) is 0 Å². The van der Waals surface area contributed by atoms with Crippen LogP contribution in [0.5, 0.6) is 0 Å². The predicted octanol–water partition coefficient (Wildman–Crippen LogP) is 2.88. The molecule has 0 radical (unpaired) electrons. The minimum Gasteiger partial charge on any atom is -0.466 e. The Labute approximate surface area is 118 Å². The summed E-state index contributed by atoms with van der Waals surface area (Å²) in [6.45, 7) is 7.09. The van der Waals surface area contributed by atoms with Gasteiger partial charge in [0.15, 0.2) is 0 Å². The summed E-state index contributed by atoms with van der Waals surface area (Å²) in [6.07, 6.45) is 1.33. The van der Waals surface area contributed by atoms with Gasteiger partial charge in [0.1, 0.15) is 17.1 Å². The molecule has 1 aromatic heterocycles. The molecule has 0 N–H and O–H groups in total. The van der Waals surface area contributed by atoms with E-state index in [-0.39, 0.29) is 12.0 Å². The van der Waals surface area contributed by atoms with Gasteiger partial charge in [-0.2, -0.15) is 0 Å². The summed E-state index contributed by atoms with van der Waals surface area (Å²) in [6, 6.07) is 3.49. The average Bonchev–Trinajstić information content (AvgIpc) is 2.70. The van der Waals surface area contributed by atoms with E-state index in [9.17, 15) is 9.59 Å². The van der Waals surface area contributed by atoms with Gasteiger partial charge in [-0.25, -0.2) is 4.79 Å². The monoisotopic (exact) mass is 280 g/mol. The topological polar surface area (TPSA) is 65.7 Å². The van der Waals surface area contributed by atoms with Crippen LogP contribution < -0.4 is 0 Å². The van der Waals surface area contributed by atoms with Crippen molar-refractivity contribution in [1.29, 1.82) is 0 Å². The van der Waals surface area contributed by atoms with Gasteiger partial charge in [0.05, 0.1) is 19.1 Å². The number of methoxy groups -OCH3 is 1. The van der Waals surface area contributed by atoms with Crippen molar-refractivity contribution in [1.82, 2.24) is 0 Å². The van der Waals surface area contributed by atoms with E-state index >= 15 is 0 Å². The first-order valence-electron chi connectivity index (χ1n) is 6.28. The summed E-state index contributed by atoms with van der Waals surface area (Å²) in [7, 11) is 1.26. The van der Waals surface area contributed by atoms with E-state index in [1.165, 1.54) is 13.2 Å². The van der Waals surface area contributed by atoms with Crippen LogP contribution in [0.1, 0.15) is 38.7 Å². The lowest BCUT2D eigenvalue weighted by Crippen LogP contribution is -2.24. The van der Waals surface area contributed by atoms with Crippen LogP contribution in [0.2, 0.25) is 0 Å². The van der Waals surface area contributed by atoms with Crippen LogP contribution in [0.3, 0.4) is 0 Å². The molecule has 0 aliphatic carbocycles. The Bertz CT molecular complexity index is 517. The second-order valence-corrected chi connectivity index (χ2v) is 5.37. The van der Waals surface area contributed by atoms with Gasteiger partial charge in [-0.1, -0.05) is 0 Å². The molecule has 110 valence electrons. The maximum atomic E-state index is 11.8. The normalized spacial score (nSPS) is 12.2. The van der Waals surface area contributed by atoms with E-state index in [0.717, 1.165) is 5.76 Å².